The summed E-state index contributed by atoms with van der Waals surface area (Å²) in [5.74, 6) is 2.79. The lowest BCUT2D eigenvalue weighted by Gasteiger charge is -2.37. The number of fused-ring (bicyclic) bond motifs is 1. The molecule has 0 saturated carbocycles. The van der Waals surface area contributed by atoms with Gasteiger partial charge in [0.25, 0.3) is 5.91 Å². The van der Waals surface area contributed by atoms with Gasteiger partial charge >= 0.3 is 12.1 Å². The van der Waals surface area contributed by atoms with E-state index in [1.165, 1.54) is 28.9 Å². The molecule has 4 atom stereocenters. The molecule has 2 aromatic heterocycles. The van der Waals surface area contributed by atoms with Gasteiger partial charge in [0.15, 0.2) is 20.7 Å². The van der Waals surface area contributed by atoms with Gasteiger partial charge in [0, 0.05) is 11.8 Å². The number of carbonyl (C=O) groups is 2. The van der Waals surface area contributed by atoms with Crippen molar-refractivity contribution in [3.63, 3.8) is 0 Å². The maximum Gasteiger partial charge on any atom is 0.471 e. The summed E-state index contributed by atoms with van der Waals surface area (Å²) in [4.78, 5) is 32.9. The zero-order valence-corrected chi connectivity index (χ0v) is 28.6. The van der Waals surface area contributed by atoms with Crippen LogP contribution in [-0.2, 0) is 18.7 Å². The molecule has 1 aliphatic heterocycles. The van der Waals surface area contributed by atoms with Gasteiger partial charge in [0.2, 0.25) is 0 Å². The lowest BCUT2D eigenvalue weighted by Crippen LogP contribution is -2.44. The summed E-state index contributed by atoms with van der Waals surface area (Å²) in [5, 5.41) is 4.50. The number of halogens is 4. The van der Waals surface area contributed by atoms with Gasteiger partial charge in [-0.3, -0.25) is 9.59 Å². The summed E-state index contributed by atoms with van der Waals surface area (Å²) in [7, 11) is -2.24. The van der Waals surface area contributed by atoms with Crippen LogP contribution in [0.3, 0.4) is 0 Å². The molecule has 2 N–H and O–H groups in total. The summed E-state index contributed by atoms with van der Waals surface area (Å²) < 4.78 is 74.2. The maximum absolute atomic E-state index is 16.3. The number of hydrogen-bond donors (Lipinski definition) is 2. The number of thioether (sulfide) groups is 1. The summed E-state index contributed by atoms with van der Waals surface area (Å²) in [6.07, 6.45) is -5.35. The van der Waals surface area contributed by atoms with E-state index < -0.39 is 57.5 Å². The van der Waals surface area contributed by atoms with Gasteiger partial charge in [-0.2, -0.15) is 13.2 Å². The van der Waals surface area contributed by atoms with Crippen LogP contribution in [-0.4, -0.2) is 84.6 Å². The Kier molecular flexibility index (Phi) is 11.4. The van der Waals surface area contributed by atoms with Gasteiger partial charge in [-0.15, -0.1) is 11.8 Å². The average Bonchev–Trinajstić information content (AvgIpc) is 3.53. The summed E-state index contributed by atoms with van der Waals surface area (Å²) in [6.45, 7) is 9.89. The first-order chi connectivity index (χ1) is 22.0. The third-order valence-corrected chi connectivity index (χ3v) is 12.9. The normalized spacial score (nSPS) is 20.1. The number of nitrogens with zero attached hydrogens (tertiary/aromatic N) is 3. The van der Waals surface area contributed by atoms with Crippen LogP contribution < -0.4 is 10.6 Å². The van der Waals surface area contributed by atoms with Crippen LogP contribution in [0.4, 0.5) is 23.4 Å². The zero-order chi connectivity index (χ0) is 34.6. The minimum Gasteiger partial charge on any atom is -0.414 e. The van der Waals surface area contributed by atoms with Crippen molar-refractivity contribution in [1.82, 2.24) is 19.9 Å². The van der Waals surface area contributed by atoms with Crippen molar-refractivity contribution in [1.29, 1.82) is 0 Å². The molecule has 16 heteroatoms. The third kappa shape index (κ3) is 8.51. The second kappa shape index (κ2) is 14.7. The number of anilines is 1. The maximum atomic E-state index is 16.3. The van der Waals surface area contributed by atoms with Gasteiger partial charge in [-0.25, -0.2) is 14.4 Å². The topological polar surface area (TPSA) is 117 Å². The van der Waals surface area contributed by atoms with Crippen LogP contribution in [0.15, 0.2) is 42.9 Å². The van der Waals surface area contributed by atoms with E-state index in [-0.39, 0.29) is 40.0 Å². The first-order valence-corrected chi connectivity index (χ1v) is 18.9. The number of nitrogens with one attached hydrogen (secondary N) is 2. The fourth-order valence-electron chi connectivity index (χ4n) is 4.51. The molecule has 0 unspecified atom stereocenters. The molecule has 1 aliphatic rings. The van der Waals surface area contributed by atoms with Gasteiger partial charge in [-0.05, 0) is 36.5 Å². The molecule has 0 spiro atoms. The molecule has 0 bridgehead atoms. The van der Waals surface area contributed by atoms with Crippen LogP contribution in [0.5, 0.6) is 0 Å². The van der Waals surface area contributed by atoms with Gasteiger partial charge in [-0.1, -0.05) is 50.8 Å². The van der Waals surface area contributed by atoms with E-state index in [4.69, 9.17) is 13.9 Å². The average molecular weight is 696 g/mol. The van der Waals surface area contributed by atoms with E-state index in [2.05, 4.69) is 61.0 Å². The highest BCUT2D eigenvalue weighted by molar-refractivity contribution is 7.98. The van der Waals surface area contributed by atoms with Crippen LogP contribution in [0, 0.1) is 11.8 Å². The highest BCUT2D eigenvalue weighted by atomic mass is 32.2. The first-order valence-electron chi connectivity index (χ1n) is 14.6. The van der Waals surface area contributed by atoms with Crippen molar-refractivity contribution < 1.29 is 41.1 Å². The monoisotopic (exact) mass is 695 g/mol. The molecule has 1 fully saturated rings. The first kappa shape index (κ1) is 36.3. The van der Waals surface area contributed by atoms with Crippen molar-refractivity contribution >= 4 is 48.7 Å². The number of amides is 2. The molecular weight excluding hydrogens is 659 g/mol. The fourth-order valence-corrected chi connectivity index (χ4v) is 5.81. The number of carbonyl (C=O) groups excluding carboxylic acids is 2. The Morgan fingerprint density at radius 3 is 2.49 bits per heavy atom. The van der Waals surface area contributed by atoms with Crippen LogP contribution >= 0.6 is 11.8 Å². The van der Waals surface area contributed by atoms with Crippen molar-refractivity contribution in [3.8, 4) is 11.8 Å². The van der Waals surface area contributed by atoms with Crippen molar-refractivity contribution in [2.45, 2.75) is 69.7 Å². The van der Waals surface area contributed by atoms with E-state index >= 15 is 4.39 Å². The third-order valence-electron chi connectivity index (χ3n) is 8.03. The number of benzene rings is 1. The molecule has 4 rings (SSSR count). The minimum atomic E-state index is -5.07. The number of hydrogen-bond acceptors (Lipinski definition) is 8. The highest BCUT2D eigenvalue weighted by Gasteiger charge is 2.49. The predicted molar refractivity (Wildman–Crippen MR) is 173 cm³/mol. The van der Waals surface area contributed by atoms with Crippen molar-refractivity contribution in [3.05, 3.63) is 54.0 Å². The Morgan fingerprint density at radius 1 is 1.15 bits per heavy atom. The van der Waals surface area contributed by atoms with E-state index in [0.29, 0.717) is 5.56 Å². The SMILES string of the molecule is CSCO[C@H]1[C@@H](F)[C@H](n2cc(C#CCNC(=O)C(F)(F)F)c3c(NC(=O)c4ccccc4)ncnc32)O[C@@H]1CO[Si](C)(C)C(C)(C)C. The molecule has 254 valence electrons. The molecular formula is C31H37F4N5O5SSi. The van der Waals surface area contributed by atoms with Crippen molar-refractivity contribution in [2.75, 3.05) is 30.7 Å². The van der Waals surface area contributed by atoms with Crippen LogP contribution in [0.1, 0.15) is 42.9 Å². The van der Waals surface area contributed by atoms with Gasteiger partial charge in [0.1, 0.15) is 30.0 Å². The quantitative estimate of drug-likeness (QED) is 0.121. The summed E-state index contributed by atoms with van der Waals surface area (Å²) in [6, 6.07) is 8.33. The van der Waals surface area contributed by atoms with E-state index in [1.54, 1.807) is 35.6 Å². The molecule has 2 amide bonds. The Bertz CT molecular complexity index is 1640. The molecule has 3 aromatic rings. The largest absolute Gasteiger partial charge is 0.471 e. The number of aromatic nitrogens is 3. The molecule has 1 aromatic carbocycles. The summed E-state index contributed by atoms with van der Waals surface area (Å²) in [5.41, 5.74) is 0.639. The zero-order valence-electron chi connectivity index (χ0n) is 26.8. The van der Waals surface area contributed by atoms with E-state index in [1.807, 2.05) is 6.26 Å². The Hall–Kier alpha value is -3.49. The van der Waals surface area contributed by atoms with Gasteiger partial charge in [0.05, 0.1) is 30.0 Å². The number of rotatable bonds is 10. The Balaban J connectivity index is 1.73. The van der Waals surface area contributed by atoms with Gasteiger partial charge < -0.3 is 29.1 Å². The second-order valence-electron chi connectivity index (χ2n) is 12.3. The smallest absolute Gasteiger partial charge is 0.414 e. The number of alkyl halides is 4. The predicted octanol–water partition coefficient (Wildman–Crippen LogP) is 5.68. The molecule has 1 saturated heterocycles. The van der Waals surface area contributed by atoms with Crippen LogP contribution in [0.2, 0.25) is 18.1 Å². The number of ether oxygens (including phenoxy) is 2. The lowest BCUT2D eigenvalue weighted by molar-refractivity contribution is -0.173. The van der Waals surface area contributed by atoms with Crippen LogP contribution in [0.25, 0.3) is 11.0 Å². The Morgan fingerprint density at radius 2 is 1.85 bits per heavy atom. The lowest BCUT2D eigenvalue weighted by atomic mass is 10.1. The van der Waals surface area contributed by atoms with E-state index in [9.17, 15) is 22.8 Å². The molecule has 3 heterocycles. The van der Waals surface area contributed by atoms with E-state index in [0.717, 1.165) is 0 Å². The van der Waals surface area contributed by atoms with Crippen molar-refractivity contribution in [2.24, 2.45) is 0 Å². The Labute approximate surface area is 275 Å². The molecule has 47 heavy (non-hydrogen) atoms. The fraction of sp³-hybridized carbons (Fsp3) is 0.484. The minimum absolute atomic E-state index is 0.0348. The molecule has 10 nitrogen and oxygen atoms in total. The summed E-state index contributed by atoms with van der Waals surface area (Å²) >= 11 is 1.38. The molecule has 0 radical (unpaired) electrons. The second-order valence-corrected chi connectivity index (χ2v) is 17.9. The highest BCUT2D eigenvalue weighted by Crippen LogP contribution is 2.41. The molecule has 0 aliphatic carbocycles. The standard InChI is InChI=1S/C31H37F4N5O5SSi/c1-30(2,3)47(5,6)44-16-21-24(43-18-46-4)23(32)28(45-21)40-15-20(13-10-14-36-29(42)31(33,34)35)22-25(37-17-38-26(22)40)39-27(41)19-11-8-7-9-12-19/h7-9,11-12,15,17,21,23-24,28H,14,16,18H2,1-6H3,(H,36,42)(H,37,38,39,41)/t21-,23-,24-,28-/m1/s1.